The first kappa shape index (κ1) is 9.40. The number of rotatable bonds is 3. The summed E-state index contributed by atoms with van der Waals surface area (Å²) in [5.74, 6) is -0.885. The van der Waals surface area contributed by atoms with Crippen molar-refractivity contribution < 1.29 is 9.90 Å². The molecule has 0 bridgehead atoms. The molecule has 0 saturated heterocycles. The number of carbonyl (C=O) groups is 1. The van der Waals surface area contributed by atoms with Gasteiger partial charge >= 0.3 is 5.97 Å². The lowest BCUT2D eigenvalue weighted by atomic mass is 10.1. The van der Waals surface area contributed by atoms with Gasteiger partial charge in [-0.15, -0.1) is 0 Å². The highest BCUT2D eigenvalue weighted by atomic mass is 16.4. The van der Waals surface area contributed by atoms with E-state index in [-0.39, 0.29) is 12.4 Å². The number of anilines is 1. The smallest absolute Gasteiger partial charge is 0.320 e. The lowest BCUT2D eigenvalue weighted by Gasteiger charge is -2.04. The topological polar surface area (TPSA) is 115 Å². The molecular weight excluding hydrogens is 172 g/mol. The summed E-state index contributed by atoms with van der Waals surface area (Å²) in [5, 5.41) is 8.51. The fourth-order valence-corrected chi connectivity index (χ4v) is 0.811. The highest BCUT2D eigenvalue weighted by molar-refractivity contribution is 5.73. The van der Waals surface area contributed by atoms with Gasteiger partial charge < -0.3 is 16.6 Å². The molecule has 1 aromatic heterocycles. The molecule has 1 atom stereocenters. The van der Waals surface area contributed by atoms with E-state index in [2.05, 4.69) is 9.97 Å². The Bertz CT molecular complexity index is 298. The lowest BCUT2D eigenvalue weighted by Crippen LogP contribution is -2.32. The van der Waals surface area contributed by atoms with E-state index in [1.807, 2.05) is 0 Å². The van der Waals surface area contributed by atoms with Crippen LogP contribution in [0.1, 0.15) is 5.56 Å². The van der Waals surface area contributed by atoms with Crippen molar-refractivity contribution in [2.45, 2.75) is 12.5 Å². The Morgan fingerprint density at radius 2 is 2.08 bits per heavy atom. The number of carboxylic acid groups (broad SMARTS) is 1. The van der Waals surface area contributed by atoms with Crippen LogP contribution in [0.25, 0.3) is 0 Å². The number of hydrogen-bond acceptors (Lipinski definition) is 5. The van der Waals surface area contributed by atoms with E-state index in [9.17, 15) is 4.79 Å². The van der Waals surface area contributed by atoms with Crippen LogP contribution in [-0.2, 0) is 11.2 Å². The second-order valence-corrected chi connectivity index (χ2v) is 2.60. The highest BCUT2D eigenvalue weighted by Gasteiger charge is 2.12. The predicted octanol–water partition coefficient (Wildman–Crippen LogP) is -0.987. The molecule has 1 heterocycles. The molecule has 13 heavy (non-hydrogen) atoms. The number of nitrogens with zero attached hydrogens (tertiary/aromatic N) is 2. The molecule has 1 aromatic rings. The van der Waals surface area contributed by atoms with Crippen molar-refractivity contribution >= 4 is 11.9 Å². The average molecular weight is 182 g/mol. The molecule has 0 aromatic carbocycles. The molecule has 5 N–H and O–H groups in total. The Morgan fingerprint density at radius 3 is 2.54 bits per heavy atom. The Kier molecular flexibility index (Phi) is 2.76. The summed E-state index contributed by atoms with van der Waals surface area (Å²) in [6.45, 7) is 0. The van der Waals surface area contributed by atoms with Gasteiger partial charge in [0.25, 0.3) is 0 Å². The van der Waals surface area contributed by atoms with Gasteiger partial charge in [-0.1, -0.05) is 0 Å². The molecule has 0 aliphatic carbocycles. The first-order valence-corrected chi connectivity index (χ1v) is 3.64. The number of nitrogen functional groups attached to an aromatic ring is 1. The molecule has 1 rings (SSSR count). The molecule has 0 aliphatic rings. The monoisotopic (exact) mass is 182 g/mol. The van der Waals surface area contributed by atoms with E-state index in [0.717, 1.165) is 0 Å². The molecular formula is C7H10N4O2. The molecule has 0 spiro atoms. The van der Waals surface area contributed by atoms with E-state index in [4.69, 9.17) is 16.6 Å². The summed E-state index contributed by atoms with van der Waals surface area (Å²) in [7, 11) is 0. The highest BCUT2D eigenvalue weighted by Crippen LogP contribution is 2.00. The van der Waals surface area contributed by atoms with Gasteiger partial charge in [-0.2, -0.15) is 0 Å². The fourth-order valence-electron chi connectivity index (χ4n) is 0.811. The van der Waals surface area contributed by atoms with Gasteiger partial charge in [0, 0.05) is 18.8 Å². The van der Waals surface area contributed by atoms with Crippen molar-refractivity contribution in [1.82, 2.24) is 9.97 Å². The molecule has 0 aliphatic heterocycles. The first-order valence-electron chi connectivity index (χ1n) is 3.64. The van der Waals surface area contributed by atoms with Crippen LogP contribution in [0.5, 0.6) is 0 Å². The number of nitrogens with two attached hydrogens (primary N) is 2. The average Bonchev–Trinajstić information content (AvgIpc) is 2.08. The van der Waals surface area contributed by atoms with Gasteiger partial charge in [-0.3, -0.25) is 4.79 Å². The SMILES string of the molecule is Nc1ncc(C[C@@H](N)C(=O)O)cn1. The second kappa shape index (κ2) is 3.81. The quantitative estimate of drug-likeness (QED) is 0.553. The van der Waals surface area contributed by atoms with Crippen molar-refractivity contribution in [2.75, 3.05) is 5.73 Å². The van der Waals surface area contributed by atoms with Crippen LogP contribution < -0.4 is 11.5 Å². The molecule has 70 valence electrons. The van der Waals surface area contributed by atoms with Crippen LogP contribution in [0, 0.1) is 0 Å². The summed E-state index contributed by atoms with van der Waals surface area (Å²) < 4.78 is 0. The zero-order chi connectivity index (χ0) is 9.84. The van der Waals surface area contributed by atoms with Gasteiger partial charge in [0.1, 0.15) is 6.04 Å². The summed E-state index contributed by atoms with van der Waals surface area (Å²) in [6.07, 6.45) is 3.13. The van der Waals surface area contributed by atoms with E-state index in [0.29, 0.717) is 5.56 Å². The Hall–Kier alpha value is -1.69. The van der Waals surface area contributed by atoms with Crippen molar-refractivity contribution in [3.8, 4) is 0 Å². The number of aliphatic carboxylic acids is 1. The molecule has 0 saturated carbocycles. The summed E-state index contributed by atoms with van der Waals surface area (Å²) in [6, 6.07) is -0.924. The van der Waals surface area contributed by atoms with Crippen molar-refractivity contribution in [3.05, 3.63) is 18.0 Å². The number of aromatic nitrogens is 2. The third-order valence-corrected chi connectivity index (χ3v) is 1.50. The Balaban J connectivity index is 2.64. The van der Waals surface area contributed by atoms with Gasteiger partial charge in [-0.05, 0) is 5.56 Å². The maximum Gasteiger partial charge on any atom is 0.320 e. The maximum absolute atomic E-state index is 10.4. The van der Waals surface area contributed by atoms with Gasteiger partial charge in [0.2, 0.25) is 5.95 Å². The third kappa shape index (κ3) is 2.68. The van der Waals surface area contributed by atoms with E-state index in [1.165, 1.54) is 12.4 Å². The predicted molar refractivity (Wildman–Crippen MR) is 45.8 cm³/mol. The van der Waals surface area contributed by atoms with Gasteiger partial charge in [-0.25, -0.2) is 9.97 Å². The van der Waals surface area contributed by atoms with E-state index in [1.54, 1.807) is 0 Å². The van der Waals surface area contributed by atoms with Gasteiger partial charge in [0.15, 0.2) is 0 Å². The third-order valence-electron chi connectivity index (χ3n) is 1.50. The van der Waals surface area contributed by atoms with Crippen LogP contribution in [0.4, 0.5) is 5.95 Å². The normalized spacial score (nSPS) is 12.4. The minimum atomic E-state index is -1.04. The second-order valence-electron chi connectivity index (χ2n) is 2.60. The van der Waals surface area contributed by atoms with Crippen LogP contribution >= 0.6 is 0 Å². The molecule has 6 heteroatoms. The molecule has 6 nitrogen and oxygen atoms in total. The molecule has 0 unspecified atom stereocenters. The maximum atomic E-state index is 10.4. The standard InChI is InChI=1S/C7H10N4O2/c8-5(6(12)13)1-4-2-10-7(9)11-3-4/h2-3,5H,1,8H2,(H,12,13)(H2,9,10,11)/t5-/m1/s1. The van der Waals surface area contributed by atoms with Gasteiger partial charge in [0.05, 0.1) is 0 Å². The molecule has 0 amide bonds. The molecule has 0 fully saturated rings. The number of carboxylic acids is 1. The minimum Gasteiger partial charge on any atom is -0.480 e. The van der Waals surface area contributed by atoms with E-state index >= 15 is 0 Å². The largest absolute Gasteiger partial charge is 0.480 e. The Morgan fingerprint density at radius 1 is 1.54 bits per heavy atom. The van der Waals surface area contributed by atoms with Crippen molar-refractivity contribution in [2.24, 2.45) is 5.73 Å². The van der Waals surface area contributed by atoms with Crippen LogP contribution in [0.2, 0.25) is 0 Å². The van der Waals surface area contributed by atoms with Crippen molar-refractivity contribution in [1.29, 1.82) is 0 Å². The van der Waals surface area contributed by atoms with Crippen LogP contribution in [0.15, 0.2) is 12.4 Å². The van der Waals surface area contributed by atoms with Crippen molar-refractivity contribution in [3.63, 3.8) is 0 Å². The summed E-state index contributed by atoms with van der Waals surface area (Å²) in [4.78, 5) is 17.8. The lowest BCUT2D eigenvalue weighted by molar-refractivity contribution is -0.138. The van der Waals surface area contributed by atoms with Crippen LogP contribution in [-0.4, -0.2) is 27.1 Å². The zero-order valence-corrected chi connectivity index (χ0v) is 6.84. The molecule has 0 radical (unpaired) electrons. The number of hydrogen-bond donors (Lipinski definition) is 3. The minimum absolute atomic E-state index is 0.160. The summed E-state index contributed by atoms with van der Waals surface area (Å²) >= 11 is 0. The van der Waals surface area contributed by atoms with E-state index < -0.39 is 12.0 Å². The fraction of sp³-hybridized carbons (Fsp3) is 0.286. The zero-order valence-electron chi connectivity index (χ0n) is 6.84. The summed E-state index contributed by atoms with van der Waals surface area (Å²) in [5.41, 5.74) is 11.2. The first-order chi connectivity index (χ1) is 6.09. The van der Waals surface area contributed by atoms with Crippen LogP contribution in [0.3, 0.4) is 0 Å². The Labute approximate surface area is 74.6 Å².